The SMILES string of the molecule is CSC1=C(C#N)[C@H](c2ccc(OCc3ccccc3)cc2)CC(=O)N1. The lowest BCUT2D eigenvalue weighted by molar-refractivity contribution is -0.120. The fraction of sp³-hybridized carbons (Fsp3) is 0.200. The van der Waals surface area contributed by atoms with Crippen LogP contribution < -0.4 is 10.1 Å². The average molecular weight is 350 g/mol. The Bertz CT molecular complexity index is 823. The maximum atomic E-state index is 11.9. The van der Waals surface area contributed by atoms with E-state index in [0.29, 0.717) is 17.2 Å². The highest BCUT2D eigenvalue weighted by Gasteiger charge is 2.28. The molecule has 0 saturated heterocycles. The van der Waals surface area contributed by atoms with Crippen molar-refractivity contribution in [2.24, 2.45) is 0 Å². The van der Waals surface area contributed by atoms with Crippen molar-refractivity contribution in [1.29, 1.82) is 5.26 Å². The third kappa shape index (κ3) is 4.04. The maximum Gasteiger partial charge on any atom is 0.225 e. The number of carbonyl (C=O) groups excluding carboxylic acids is 1. The van der Waals surface area contributed by atoms with Gasteiger partial charge >= 0.3 is 0 Å². The first-order valence-electron chi connectivity index (χ1n) is 7.96. The van der Waals surface area contributed by atoms with Crippen molar-refractivity contribution in [2.75, 3.05) is 6.26 Å². The lowest BCUT2D eigenvalue weighted by Crippen LogP contribution is -2.30. The van der Waals surface area contributed by atoms with E-state index in [9.17, 15) is 10.1 Å². The summed E-state index contributed by atoms with van der Waals surface area (Å²) in [5.41, 5.74) is 2.67. The van der Waals surface area contributed by atoms with Crippen LogP contribution in [0.4, 0.5) is 0 Å². The van der Waals surface area contributed by atoms with E-state index in [1.807, 2.05) is 60.9 Å². The van der Waals surface area contributed by atoms with E-state index in [0.717, 1.165) is 16.9 Å². The van der Waals surface area contributed by atoms with E-state index in [1.54, 1.807) is 0 Å². The Morgan fingerprint density at radius 2 is 1.92 bits per heavy atom. The standard InChI is InChI=1S/C20H18N2O2S/c1-25-20-18(12-21)17(11-19(23)22-20)15-7-9-16(10-8-15)24-13-14-5-3-2-4-6-14/h2-10,17H,11,13H2,1H3,(H,22,23)/t17-/m0/s1. The normalized spacial score (nSPS) is 17.0. The van der Waals surface area contributed by atoms with Crippen LogP contribution in [0.3, 0.4) is 0 Å². The number of hydrogen-bond donors (Lipinski definition) is 1. The van der Waals surface area contributed by atoms with Crippen molar-refractivity contribution in [2.45, 2.75) is 18.9 Å². The van der Waals surface area contributed by atoms with Crippen LogP contribution in [0.1, 0.15) is 23.5 Å². The van der Waals surface area contributed by atoms with Crippen molar-refractivity contribution in [1.82, 2.24) is 5.32 Å². The molecule has 1 heterocycles. The number of amides is 1. The Morgan fingerprint density at radius 3 is 2.56 bits per heavy atom. The van der Waals surface area contributed by atoms with Gasteiger partial charge in [-0.15, -0.1) is 11.8 Å². The van der Waals surface area contributed by atoms with Crippen molar-refractivity contribution in [3.63, 3.8) is 0 Å². The highest BCUT2D eigenvalue weighted by Crippen LogP contribution is 2.35. The van der Waals surface area contributed by atoms with Gasteiger partial charge in [-0.05, 0) is 29.5 Å². The molecule has 126 valence electrons. The molecule has 0 bridgehead atoms. The number of thioether (sulfide) groups is 1. The topological polar surface area (TPSA) is 62.1 Å². The van der Waals surface area contributed by atoms with Gasteiger partial charge < -0.3 is 10.1 Å². The Hall–Kier alpha value is -2.71. The molecule has 1 aliphatic rings. The van der Waals surface area contributed by atoms with Crippen LogP contribution in [0.15, 0.2) is 65.2 Å². The van der Waals surface area contributed by atoms with Gasteiger partial charge in [0.1, 0.15) is 12.4 Å². The van der Waals surface area contributed by atoms with Crippen LogP contribution in [0.5, 0.6) is 5.75 Å². The van der Waals surface area contributed by atoms with Crippen LogP contribution in [-0.2, 0) is 11.4 Å². The van der Waals surface area contributed by atoms with Crippen molar-refractivity contribution < 1.29 is 9.53 Å². The summed E-state index contributed by atoms with van der Waals surface area (Å²) in [6.07, 6.45) is 2.15. The third-order valence-corrected chi connectivity index (χ3v) is 4.82. The molecule has 0 radical (unpaired) electrons. The first-order valence-corrected chi connectivity index (χ1v) is 9.18. The zero-order valence-corrected chi connectivity index (χ0v) is 14.7. The molecule has 25 heavy (non-hydrogen) atoms. The molecule has 3 rings (SSSR count). The monoisotopic (exact) mass is 350 g/mol. The fourth-order valence-corrected chi connectivity index (χ4v) is 3.43. The van der Waals surface area contributed by atoms with Gasteiger partial charge in [0, 0.05) is 12.3 Å². The summed E-state index contributed by atoms with van der Waals surface area (Å²) in [4.78, 5) is 11.9. The highest BCUT2D eigenvalue weighted by molar-refractivity contribution is 8.02. The Balaban J connectivity index is 1.75. The van der Waals surface area contributed by atoms with E-state index in [-0.39, 0.29) is 18.2 Å². The van der Waals surface area contributed by atoms with Crippen LogP contribution >= 0.6 is 11.8 Å². The number of nitriles is 1. The number of allylic oxidation sites excluding steroid dienone is 1. The van der Waals surface area contributed by atoms with Gasteiger partial charge in [-0.25, -0.2) is 0 Å². The molecule has 0 aromatic heterocycles. The number of nitrogens with zero attached hydrogens (tertiary/aromatic N) is 1. The van der Waals surface area contributed by atoms with Crippen LogP contribution in [-0.4, -0.2) is 12.2 Å². The second-order valence-electron chi connectivity index (χ2n) is 5.71. The van der Waals surface area contributed by atoms with Gasteiger partial charge in [-0.3, -0.25) is 4.79 Å². The summed E-state index contributed by atoms with van der Waals surface area (Å²) >= 11 is 1.39. The number of nitrogens with one attached hydrogen (secondary N) is 1. The fourth-order valence-electron chi connectivity index (χ4n) is 2.80. The molecule has 1 amide bonds. The summed E-state index contributed by atoms with van der Waals surface area (Å²) in [6.45, 7) is 0.506. The van der Waals surface area contributed by atoms with E-state index < -0.39 is 0 Å². The summed E-state index contributed by atoms with van der Waals surface area (Å²) in [6, 6.07) is 19.9. The van der Waals surface area contributed by atoms with Gasteiger partial charge in [0.2, 0.25) is 5.91 Å². The number of rotatable bonds is 5. The van der Waals surface area contributed by atoms with Gasteiger partial charge in [-0.2, -0.15) is 5.26 Å². The van der Waals surface area contributed by atoms with Crippen molar-refractivity contribution >= 4 is 17.7 Å². The zero-order valence-electron chi connectivity index (χ0n) is 13.9. The molecule has 0 unspecified atom stereocenters. The quantitative estimate of drug-likeness (QED) is 0.886. The van der Waals surface area contributed by atoms with Crippen LogP contribution in [0, 0.1) is 11.3 Å². The average Bonchev–Trinajstić information content (AvgIpc) is 2.67. The van der Waals surface area contributed by atoms with Gasteiger partial charge in [0.05, 0.1) is 16.7 Å². The number of benzene rings is 2. The molecule has 1 atom stereocenters. The maximum absolute atomic E-state index is 11.9. The minimum absolute atomic E-state index is 0.0576. The van der Waals surface area contributed by atoms with Crippen molar-refractivity contribution in [3.8, 4) is 11.8 Å². The predicted molar refractivity (Wildman–Crippen MR) is 98.9 cm³/mol. The Kier molecular flexibility index (Phi) is 5.42. The predicted octanol–water partition coefficient (Wildman–Crippen LogP) is 3.97. The Morgan fingerprint density at radius 1 is 1.20 bits per heavy atom. The number of hydrogen-bond acceptors (Lipinski definition) is 4. The first kappa shape index (κ1) is 17.1. The van der Waals surface area contributed by atoms with Crippen LogP contribution in [0.2, 0.25) is 0 Å². The molecule has 2 aromatic rings. The molecular formula is C20H18N2O2S. The molecule has 4 nitrogen and oxygen atoms in total. The molecule has 1 aliphatic heterocycles. The number of ether oxygens (including phenoxy) is 1. The lowest BCUT2D eigenvalue weighted by atomic mass is 9.87. The first-order chi connectivity index (χ1) is 12.2. The van der Waals surface area contributed by atoms with Gasteiger partial charge in [0.25, 0.3) is 0 Å². The molecule has 0 saturated carbocycles. The number of carbonyl (C=O) groups is 1. The molecule has 0 aliphatic carbocycles. The molecule has 0 fully saturated rings. The van der Waals surface area contributed by atoms with E-state index in [2.05, 4.69) is 11.4 Å². The minimum atomic E-state index is -0.204. The molecular weight excluding hydrogens is 332 g/mol. The molecule has 1 N–H and O–H groups in total. The molecule has 0 spiro atoms. The minimum Gasteiger partial charge on any atom is -0.489 e. The Labute approximate surface area is 151 Å². The lowest BCUT2D eigenvalue weighted by Gasteiger charge is -2.24. The molecule has 5 heteroatoms. The zero-order chi connectivity index (χ0) is 17.6. The van der Waals surface area contributed by atoms with Crippen LogP contribution in [0.25, 0.3) is 0 Å². The van der Waals surface area contributed by atoms with Crippen molar-refractivity contribution in [3.05, 3.63) is 76.3 Å². The second kappa shape index (κ2) is 7.91. The summed E-state index contributed by atoms with van der Waals surface area (Å²) in [7, 11) is 0. The van der Waals surface area contributed by atoms with E-state index in [4.69, 9.17) is 4.74 Å². The van der Waals surface area contributed by atoms with Gasteiger partial charge in [0.15, 0.2) is 0 Å². The van der Waals surface area contributed by atoms with Gasteiger partial charge in [-0.1, -0.05) is 42.5 Å². The smallest absolute Gasteiger partial charge is 0.225 e. The van der Waals surface area contributed by atoms with E-state index >= 15 is 0 Å². The largest absolute Gasteiger partial charge is 0.489 e. The summed E-state index contributed by atoms with van der Waals surface area (Å²) < 4.78 is 5.79. The third-order valence-electron chi connectivity index (χ3n) is 4.09. The van der Waals surface area contributed by atoms with E-state index in [1.165, 1.54) is 11.8 Å². The highest BCUT2D eigenvalue weighted by atomic mass is 32.2. The second-order valence-corrected chi connectivity index (χ2v) is 6.52. The molecule has 2 aromatic carbocycles. The summed E-state index contributed by atoms with van der Waals surface area (Å²) in [5.74, 6) is 0.502. The summed E-state index contributed by atoms with van der Waals surface area (Å²) in [5, 5.41) is 12.9.